The zero-order chi connectivity index (χ0) is 24.1. The molecule has 0 heterocycles. The highest BCUT2D eigenvalue weighted by Crippen LogP contribution is 2.29. The standard InChI is InChI=1S/C27H36FN3O2/c1-18(2)19(3)31(27(33)21-11-8-12-23(28)15-21)17-22-16-24(13-14-25(22)30(4)5)29-26(32)20-9-6-7-10-20/h8,11-16,18-20H,6-7,9-10,17H2,1-5H3,(H,29,32)/t19-/m1/s1. The smallest absolute Gasteiger partial charge is 0.254 e. The molecule has 33 heavy (non-hydrogen) atoms. The second-order valence-corrected chi connectivity index (χ2v) is 9.64. The van der Waals surface area contributed by atoms with E-state index in [2.05, 4.69) is 19.2 Å². The lowest BCUT2D eigenvalue weighted by atomic mass is 10.0. The number of amides is 2. The van der Waals surface area contributed by atoms with E-state index >= 15 is 0 Å². The molecule has 0 unspecified atom stereocenters. The Labute approximate surface area is 197 Å². The van der Waals surface area contributed by atoms with Crippen LogP contribution in [-0.4, -0.2) is 36.9 Å². The van der Waals surface area contributed by atoms with E-state index < -0.39 is 5.82 Å². The maximum Gasteiger partial charge on any atom is 0.254 e. The molecule has 2 aromatic rings. The van der Waals surface area contributed by atoms with Crippen LogP contribution in [0.4, 0.5) is 15.8 Å². The molecule has 6 heteroatoms. The number of hydrogen-bond donors (Lipinski definition) is 1. The molecule has 0 bridgehead atoms. The van der Waals surface area contributed by atoms with Crippen LogP contribution in [0.2, 0.25) is 0 Å². The minimum Gasteiger partial charge on any atom is -0.377 e. The minimum absolute atomic E-state index is 0.0625. The summed E-state index contributed by atoms with van der Waals surface area (Å²) in [6, 6.07) is 11.6. The predicted octanol–water partition coefficient (Wildman–Crippen LogP) is 5.71. The molecular formula is C27H36FN3O2. The first-order valence-corrected chi connectivity index (χ1v) is 11.8. The van der Waals surface area contributed by atoms with Gasteiger partial charge in [-0.15, -0.1) is 0 Å². The Morgan fingerprint density at radius 2 is 1.76 bits per heavy atom. The summed E-state index contributed by atoms with van der Waals surface area (Å²) >= 11 is 0. The van der Waals surface area contributed by atoms with E-state index in [9.17, 15) is 14.0 Å². The van der Waals surface area contributed by atoms with Gasteiger partial charge in [0.1, 0.15) is 5.82 Å². The largest absolute Gasteiger partial charge is 0.377 e. The first-order valence-electron chi connectivity index (χ1n) is 11.8. The number of carbonyl (C=O) groups excluding carboxylic acids is 2. The highest BCUT2D eigenvalue weighted by atomic mass is 19.1. The minimum atomic E-state index is -0.427. The number of nitrogens with zero attached hydrogens (tertiary/aromatic N) is 2. The number of hydrogen-bond acceptors (Lipinski definition) is 3. The van der Waals surface area contributed by atoms with Crippen molar-refractivity contribution in [2.75, 3.05) is 24.3 Å². The molecule has 178 valence electrons. The third-order valence-electron chi connectivity index (χ3n) is 6.68. The fourth-order valence-corrected chi connectivity index (χ4v) is 4.39. The molecule has 2 aromatic carbocycles. The summed E-state index contributed by atoms with van der Waals surface area (Å²) in [6.45, 7) is 6.52. The number of halogens is 1. The van der Waals surface area contributed by atoms with Crippen molar-refractivity contribution in [1.29, 1.82) is 0 Å². The molecule has 0 saturated heterocycles. The number of carbonyl (C=O) groups is 2. The summed E-state index contributed by atoms with van der Waals surface area (Å²) < 4.78 is 13.8. The van der Waals surface area contributed by atoms with E-state index in [0.29, 0.717) is 12.1 Å². The first kappa shape index (κ1) is 24.7. The highest BCUT2D eigenvalue weighted by Gasteiger charge is 2.26. The Morgan fingerprint density at radius 1 is 1.06 bits per heavy atom. The SMILES string of the molecule is CC(C)[C@@H](C)N(Cc1cc(NC(=O)C2CCCC2)ccc1N(C)C)C(=O)c1cccc(F)c1. The molecule has 1 atom stereocenters. The molecule has 0 radical (unpaired) electrons. The van der Waals surface area contributed by atoms with Gasteiger partial charge in [0, 0.05) is 49.5 Å². The number of anilines is 2. The van der Waals surface area contributed by atoms with Crippen LogP contribution in [0.3, 0.4) is 0 Å². The predicted molar refractivity (Wildman–Crippen MR) is 132 cm³/mol. The summed E-state index contributed by atoms with van der Waals surface area (Å²) in [5, 5.41) is 3.07. The van der Waals surface area contributed by atoms with Gasteiger partial charge in [0.2, 0.25) is 5.91 Å². The van der Waals surface area contributed by atoms with Gasteiger partial charge < -0.3 is 15.1 Å². The van der Waals surface area contributed by atoms with Crippen LogP contribution in [0.15, 0.2) is 42.5 Å². The van der Waals surface area contributed by atoms with Gasteiger partial charge in [-0.1, -0.05) is 32.8 Å². The van der Waals surface area contributed by atoms with Crippen molar-refractivity contribution >= 4 is 23.2 Å². The lowest BCUT2D eigenvalue weighted by molar-refractivity contribution is -0.119. The Kier molecular flexibility index (Phi) is 8.11. The van der Waals surface area contributed by atoms with Crippen molar-refractivity contribution in [3.8, 4) is 0 Å². The molecule has 1 saturated carbocycles. The van der Waals surface area contributed by atoms with E-state index in [1.54, 1.807) is 17.0 Å². The third kappa shape index (κ3) is 6.12. The number of benzene rings is 2. The Balaban J connectivity index is 1.92. The van der Waals surface area contributed by atoms with Gasteiger partial charge >= 0.3 is 0 Å². The molecule has 5 nitrogen and oxygen atoms in total. The molecule has 1 N–H and O–H groups in total. The van der Waals surface area contributed by atoms with E-state index in [1.165, 1.54) is 12.1 Å². The number of nitrogens with one attached hydrogen (secondary N) is 1. The molecule has 0 aliphatic heterocycles. The normalized spacial score (nSPS) is 14.9. The van der Waals surface area contributed by atoms with E-state index in [0.717, 1.165) is 42.6 Å². The van der Waals surface area contributed by atoms with Crippen LogP contribution in [-0.2, 0) is 11.3 Å². The highest BCUT2D eigenvalue weighted by molar-refractivity contribution is 5.95. The topological polar surface area (TPSA) is 52.7 Å². The lowest BCUT2D eigenvalue weighted by Gasteiger charge is -2.33. The molecule has 0 aromatic heterocycles. The maximum atomic E-state index is 13.8. The zero-order valence-electron chi connectivity index (χ0n) is 20.4. The third-order valence-corrected chi connectivity index (χ3v) is 6.68. The van der Waals surface area contributed by atoms with Gasteiger partial charge in [0.05, 0.1) is 0 Å². The van der Waals surface area contributed by atoms with Crippen LogP contribution < -0.4 is 10.2 Å². The fourth-order valence-electron chi connectivity index (χ4n) is 4.39. The molecule has 2 amide bonds. The van der Waals surface area contributed by atoms with Crippen molar-refractivity contribution in [2.45, 2.75) is 59.0 Å². The summed E-state index contributed by atoms with van der Waals surface area (Å²) in [4.78, 5) is 29.9. The first-order chi connectivity index (χ1) is 15.7. The van der Waals surface area contributed by atoms with Gasteiger partial charge in [0.15, 0.2) is 0 Å². The van der Waals surface area contributed by atoms with Crippen molar-refractivity contribution in [3.05, 3.63) is 59.4 Å². The van der Waals surface area contributed by atoms with Crippen molar-refractivity contribution < 1.29 is 14.0 Å². The quantitative estimate of drug-likeness (QED) is 0.557. The van der Waals surface area contributed by atoms with Gasteiger partial charge in [-0.2, -0.15) is 0 Å². The van der Waals surface area contributed by atoms with Gasteiger partial charge in [-0.05, 0) is 67.6 Å². The van der Waals surface area contributed by atoms with E-state index in [-0.39, 0.29) is 29.7 Å². The Hall–Kier alpha value is -2.89. The average Bonchev–Trinajstić information content (AvgIpc) is 3.31. The van der Waals surface area contributed by atoms with Crippen molar-refractivity contribution in [1.82, 2.24) is 4.90 Å². The zero-order valence-corrected chi connectivity index (χ0v) is 20.4. The summed E-state index contributed by atoms with van der Waals surface area (Å²) in [5.74, 6) is -0.270. The Bertz CT molecular complexity index is 983. The second kappa shape index (κ2) is 10.8. The van der Waals surface area contributed by atoms with Crippen LogP contribution in [0, 0.1) is 17.7 Å². The summed E-state index contributed by atoms with van der Waals surface area (Å²) in [7, 11) is 3.92. The number of rotatable bonds is 8. The molecule has 3 rings (SSSR count). The maximum absolute atomic E-state index is 13.8. The van der Waals surface area contributed by atoms with Crippen molar-refractivity contribution in [3.63, 3.8) is 0 Å². The molecule has 1 aliphatic rings. The van der Waals surface area contributed by atoms with Crippen LogP contribution in [0.5, 0.6) is 0 Å². The molecule has 0 spiro atoms. The van der Waals surface area contributed by atoms with E-state index in [4.69, 9.17) is 0 Å². The monoisotopic (exact) mass is 453 g/mol. The molecule has 1 fully saturated rings. The summed E-state index contributed by atoms with van der Waals surface area (Å²) in [6.07, 6.45) is 4.09. The Morgan fingerprint density at radius 3 is 2.36 bits per heavy atom. The lowest BCUT2D eigenvalue weighted by Crippen LogP contribution is -2.41. The fraction of sp³-hybridized carbons (Fsp3) is 0.481. The second-order valence-electron chi connectivity index (χ2n) is 9.64. The van der Waals surface area contributed by atoms with Crippen molar-refractivity contribution in [2.24, 2.45) is 11.8 Å². The summed E-state index contributed by atoms with van der Waals surface area (Å²) in [5.41, 5.74) is 2.98. The van der Waals surface area contributed by atoms with Gasteiger partial charge in [0.25, 0.3) is 5.91 Å². The van der Waals surface area contributed by atoms with E-state index in [1.807, 2.05) is 44.1 Å². The van der Waals surface area contributed by atoms with Crippen LogP contribution >= 0.6 is 0 Å². The molecular weight excluding hydrogens is 417 g/mol. The molecule has 1 aliphatic carbocycles. The van der Waals surface area contributed by atoms with Gasteiger partial charge in [-0.25, -0.2) is 4.39 Å². The van der Waals surface area contributed by atoms with Crippen LogP contribution in [0.1, 0.15) is 62.4 Å². The van der Waals surface area contributed by atoms with Gasteiger partial charge in [-0.3, -0.25) is 9.59 Å². The van der Waals surface area contributed by atoms with Crippen LogP contribution in [0.25, 0.3) is 0 Å². The average molecular weight is 454 g/mol.